The summed E-state index contributed by atoms with van der Waals surface area (Å²) in [6.07, 6.45) is 6.94. The van der Waals surface area contributed by atoms with Crippen LogP contribution in [0.5, 0.6) is 0 Å². The number of hydrogen-bond acceptors (Lipinski definition) is 4. The fraction of sp³-hybridized carbons (Fsp3) is 0.625. The minimum atomic E-state index is -0.0804. The molecular formula is C24H33ClN4O2. The summed E-state index contributed by atoms with van der Waals surface area (Å²) in [4.78, 5) is 34.9. The number of nitrogens with zero attached hydrogens (tertiary/aromatic N) is 4. The molecule has 0 radical (unpaired) electrons. The summed E-state index contributed by atoms with van der Waals surface area (Å²) in [7, 11) is 1.77. The Bertz CT molecular complexity index is 1010. The van der Waals surface area contributed by atoms with Crippen LogP contribution in [0.3, 0.4) is 0 Å². The van der Waals surface area contributed by atoms with E-state index >= 15 is 0 Å². The zero-order chi connectivity index (χ0) is 22.1. The van der Waals surface area contributed by atoms with Gasteiger partial charge in [0.2, 0.25) is 5.91 Å². The van der Waals surface area contributed by atoms with Crippen LogP contribution in [0, 0.1) is 5.92 Å². The summed E-state index contributed by atoms with van der Waals surface area (Å²) in [5.74, 6) is 1.78. The third-order valence-electron chi connectivity index (χ3n) is 7.21. The molecule has 1 saturated carbocycles. The van der Waals surface area contributed by atoms with Crippen molar-refractivity contribution in [3.8, 4) is 0 Å². The Morgan fingerprint density at radius 1 is 1.26 bits per heavy atom. The molecule has 1 aromatic carbocycles. The van der Waals surface area contributed by atoms with E-state index in [0.717, 1.165) is 37.8 Å². The molecular weight excluding hydrogens is 412 g/mol. The van der Waals surface area contributed by atoms with Gasteiger partial charge >= 0.3 is 0 Å². The number of rotatable bonds is 5. The van der Waals surface area contributed by atoms with E-state index in [2.05, 4.69) is 18.7 Å². The van der Waals surface area contributed by atoms with Crippen molar-refractivity contribution in [2.24, 2.45) is 13.0 Å². The molecule has 168 valence electrons. The zero-order valence-electron chi connectivity index (χ0n) is 18.8. The van der Waals surface area contributed by atoms with Crippen molar-refractivity contribution in [2.75, 3.05) is 19.6 Å². The zero-order valence-corrected chi connectivity index (χ0v) is 19.6. The summed E-state index contributed by atoms with van der Waals surface area (Å²) < 4.78 is 1.63. The monoisotopic (exact) mass is 444 g/mol. The molecule has 1 saturated heterocycles. The smallest absolute Gasteiger partial charge is 0.261 e. The molecule has 2 heterocycles. The van der Waals surface area contributed by atoms with Crippen LogP contribution in [-0.2, 0) is 11.8 Å². The van der Waals surface area contributed by atoms with Crippen molar-refractivity contribution in [1.29, 1.82) is 0 Å². The maximum Gasteiger partial charge on any atom is 0.261 e. The Kier molecular flexibility index (Phi) is 6.68. The van der Waals surface area contributed by atoms with Crippen molar-refractivity contribution in [3.63, 3.8) is 0 Å². The third kappa shape index (κ3) is 4.65. The van der Waals surface area contributed by atoms with Gasteiger partial charge in [0.25, 0.3) is 5.56 Å². The fourth-order valence-electron chi connectivity index (χ4n) is 5.28. The topological polar surface area (TPSA) is 58.4 Å². The van der Waals surface area contributed by atoms with Gasteiger partial charge in [0.05, 0.1) is 16.9 Å². The molecule has 0 bridgehead atoms. The van der Waals surface area contributed by atoms with Gasteiger partial charge in [0, 0.05) is 44.2 Å². The molecule has 1 amide bonds. The molecule has 1 aliphatic carbocycles. The van der Waals surface area contributed by atoms with E-state index < -0.39 is 0 Å². The second-order valence-electron chi connectivity index (χ2n) is 9.29. The average molecular weight is 445 g/mol. The molecule has 2 aromatic rings. The van der Waals surface area contributed by atoms with Gasteiger partial charge in [-0.1, -0.05) is 37.3 Å². The van der Waals surface area contributed by atoms with Crippen LogP contribution >= 0.6 is 11.6 Å². The number of amides is 1. The number of piperazine rings is 1. The van der Waals surface area contributed by atoms with Gasteiger partial charge in [-0.25, -0.2) is 4.98 Å². The van der Waals surface area contributed by atoms with Crippen molar-refractivity contribution in [2.45, 2.75) is 64.5 Å². The SMILES string of the molecule is CC(c1nc2ccc(Cl)cc2c(=O)n1C)N1CCN(C(=O)CCC2CCCC2)C(C)C1. The normalized spacial score (nSPS) is 21.7. The quantitative estimate of drug-likeness (QED) is 0.695. The molecule has 2 unspecified atom stereocenters. The van der Waals surface area contributed by atoms with E-state index in [9.17, 15) is 9.59 Å². The van der Waals surface area contributed by atoms with E-state index in [-0.39, 0.29) is 17.6 Å². The van der Waals surface area contributed by atoms with Gasteiger partial charge in [0.15, 0.2) is 0 Å². The van der Waals surface area contributed by atoms with E-state index in [1.165, 1.54) is 25.7 Å². The second-order valence-corrected chi connectivity index (χ2v) is 9.73. The van der Waals surface area contributed by atoms with E-state index in [4.69, 9.17) is 16.6 Å². The predicted octanol–water partition coefficient (Wildman–Crippen LogP) is 4.15. The molecule has 31 heavy (non-hydrogen) atoms. The number of hydrogen-bond donors (Lipinski definition) is 0. The summed E-state index contributed by atoms with van der Waals surface area (Å²) in [6.45, 7) is 6.52. The van der Waals surface area contributed by atoms with E-state index in [1.807, 2.05) is 4.90 Å². The first-order valence-electron chi connectivity index (χ1n) is 11.5. The predicted molar refractivity (Wildman–Crippen MR) is 124 cm³/mol. The second kappa shape index (κ2) is 9.29. The first-order chi connectivity index (χ1) is 14.8. The number of aromatic nitrogens is 2. The first kappa shape index (κ1) is 22.3. The molecule has 1 aromatic heterocycles. The first-order valence-corrected chi connectivity index (χ1v) is 11.9. The fourth-order valence-corrected chi connectivity index (χ4v) is 5.45. The highest BCUT2D eigenvalue weighted by molar-refractivity contribution is 6.31. The van der Waals surface area contributed by atoms with Crippen LogP contribution in [0.2, 0.25) is 5.02 Å². The van der Waals surface area contributed by atoms with Gasteiger partial charge in [-0.3, -0.25) is 19.1 Å². The van der Waals surface area contributed by atoms with Crippen LogP contribution in [0.15, 0.2) is 23.0 Å². The molecule has 2 fully saturated rings. The molecule has 0 spiro atoms. The Balaban J connectivity index is 1.44. The minimum absolute atomic E-state index is 0.0176. The van der Waals surface area contributed by atoms with Gasteiger partial charge in [-0.05, 0) is 44.4 Å². The highest BCUT2D eigenvalue weighted by Crippen LogP contribution is 2.29. The van der Waals surface area contributed by atoms with Crippen LogP contribution in [0.1, 0.15) is 64.2 Å². The van der Waals surface area contributed by atoms with Gasteiger partial charge < -0.3 is 4.90 Å². The summed E-state index contributed by atoms with van der Waals surface area (Å²) >= 11 is 6.07. The Labute approximate surface area is 189 Å². The summed E-state index contributed by atoms with van der Waals surface area (Å²) in [5.41, 5.74) is 0.589. The molecule has 2 aliphatic rings. The third-order valence-corrected chi connectivity index (χ3v) is 7.45. The number of carbonyl (C=O) groups excluding carboxylic acids is 1. The van der Waals surface area contributed by atoms with Crippen LogP contribution in [0.25, 0.3) is 10.9 Å². The highest BCUT2D eigenvalue weighted by atomic mass is 35.5. The molecule has 1 aliphatic heterocycles. The Hall–Kier alpha value is -1.92. The van der Waals surface area contributed by atoms with Crippen molar-refractivity contribution in [1.82, 2.24) is 19.4 Å². The number of halogens is 1. The molecule has 7 heteroatoms. The largest absolute Gasteiger partial charge is 0.337 e. The molecule has 0 N–H and O–H groups in total. The maximum atomic E-state index is 12.9. The molecule has 4 rings (SSSR count). The minimum Gasteiger partial charge on any atom is -0.337 e. The maximum absolute atomic E-state index is 12.9. The number of fused-ring (bicyclic) bond motifs is 1. The Morgan fingerprint density at radius 3 is 2.71 bits per heavy atom. The summed E-state index contributed by atoms with van der Waals surface area (Å²) in [5, 5.41) is 1.08. The van der Waals surface area contributed by atoms with Crippen molar-refractivity contribution < 1.29 is 4.79 Å². The van der Waals surface area contributed by atoms with Gasteiger partial charge in [0.1, 0.15) is 5.82 Å². The van der Waals surface area contributed by atoms with Crippen LogP contribution in [0.4, 0.5) is 0 Å². The lowest BCUT2D eigenvalue weighted by atomic mass is 10.0. The van der Waals surface area contributed by atoms with Crippen molar-refractivity contribution >= 4 is 28.4 Å². The lowest BCUT2D eigenvalue weighted by Gasteiger charge is -2.42. The van der Waals surface area contributed by atoms with Crippen molar-refractivity contribution in [3.05, 3.63) is 39.4 Å². The van der Waals surface area contributed by atoms with E-state index in [1.54, 1.807) is 29.8 Å². The van der Waals surface area contributed by atoms with Crippen LogP contribution in [-0.4, -0.2) is 50.9 Å². The Morgan fingerprint density at radius 2 is 2.00 bits per heavy atom. The highest BCUT2D eigenvalue weighted by Gasteiger charge is 2.31. The number of benzene rings is 1. The summed E-state index contributed by atoms with van der Waals surface area (Å²) in [6, 6.07) is 5.39. The standard InChI is InChI=1S/C24H33ClN4O2/c1-16-15-28(12-13-29(16)22(30)11-8-18-6-4-5-7-18)17(2)23-26-21-10-9-19(25)14-20(21)24(31)27(23)3/h9-10,14,16-18H,4-8,11-13,15H2,1-3H3. The number of carbonyl (C=O) groups is 1. The van der Waals surface area contributed by atoms with Gasteiger partial charge in [-0.15, -0.1) is 0 Å². The van der Waals surface area contributed by atoms with Gasteiger partial charge in [-0.2, -0.15) is 0 Å². The molecule has 2 atom stereocenters. The van der Waals surface area contributed by atoms with Crippen LogP contribution < -0.4 is 5.56 Å². The molecule has 6 nitrogen and oxygen atoms in total. The lowest BCUT2D eigenvalue weighted by Crippen LogP contribution is -2.54. The average Bonchev–Trinajstić information content (AvgIpc) is 3.28. The van der Waals surface area contributed by atoms with E-state index in [0.29, 0.717) is 28.3 Å². The lowest BCUT2D eigenvalue weighted by molar-refractivity contribution is -0.136.